The first-order chi connectivity index (χ1) is 9.60. The van der Waals surface area contributed by atoms with Gasteiger partial charge in [0.05, 0.1) is 17.6 Å². The molecule has 2 unspecified atom stereocenters. The molecule has 3 nitrogen and oxygen atoms in total. The molecule has 0 aliphatic carbocycles. The molecule has 0 aromatic carbocycles. The highest BCUT2D eigenvalue weighted by molar-refractivity contribution is 7.98. The number of pyridine rings is 1. The number of aromatic nitrogens is 1. The van der Waals surface area contributed by atoms with E-state index in [0.29, 0.717) is 12.1 Å². The standard InChI is InChI=1S/C16H29N3S/c1-6-10-17-14(3)16-8-7-15(12-18-16)19(4)13(2)9-11-20-5/h7-8,12-14,17H,6,9-11H2,1-5H3. The molecule has 1 rings (SSSR count). The van der Waals surface area contributed by atoms with Gasteiger partial charge in [0, 0.05) is 19.1 Å². The SMILES string of the molecule is CCCNC(C)c1ccc(N(C)C(C)CCSC)cn1. The monoisotopic (exact) mass is 295 g/mol. The molecular formula is C16H29N3S. The Hall–Kier alpha value is -0.740. The van der Waals surface area contributed by atoms with E-state index in [1.165, 1.54) is 17.9 Å². The van der Waals surface area contributed by atoms with Gasteiger partial charge >= 0.3 is 0 Å². The predicted octanol–water partition coefficient (Wildman–Crippen LogP) is 3.72. The molecular weight excluding hydrogens is 266 g/mol. The Bertz CT molecular complexity index is 366. The quantitative estimate of drug-likeness (QED) is 0.751. The number of nitrogens with one attached hydrogen (secondary N) is 1. The molecule has 0 aliphatic rings. The van der Waals surface area contributed by atoms with Crippen LogP contribution >= 0.6 is 11.8 Å². The number of hydrogen-bond donors (Lipinski definition) is 1. The lowest BCUT2D eigenvalue weighted by Gasteiger charge is -2.27. The maximum absolute atomic E-state index is 4.61. The van der Waals surface area contributed by atoms with Crippen molar-refractivity contribution < 1.29 is 0 Å². The number of hydrogen-bond acceptors (Lipinski definition) is 4. The number of rotatable bonds is 9. The molecule has 0 amide bonds. The van der Waals surface area contributed by atoms with Crippen molar-refractivity contribution in [1.29, 1.82) is 0 Å². The molecule has 2 atom stereocenters. The van der Waals surface area contributed by atoms with Crippen molar-refractivity contribution in [1.82, 2.24) is 10.3 Å². The normalized spacial score (nSPS) is 14.1. The average Bonchev–Trinajstić information content (AvgIpc) is 2.49. The van der Waals surface area contributed by atoms with E-state index < -0.39 is 0 Å². The minimum absolute atomic E-state index is 0.322. The van der Waals surface area contributed by atoms with Gasteiger partial charge in [0.15, 0.2) is 0 Å². The lowest BCUT2D eigenvalue weighted by Crippen LogP contribution is -2.29. The third kappa shape index (κ3) is 5.33. The van der Waals surface area contributed by atoms with Crippen LogP contribution in [0.1, 0.15) is 45.3 Å². The van der Waals surface area contributed by atoms with Crippen molar-refractivity contribution in [2.75, 3.05) is 30.5 Å². The van der Waals surface area contributed by atoms with Crippen LogP contribution in [0.2, 0.25) is 0 Å². The zero-order chi connectivity index (χ0) is 15.0. The van der Waals surface area contributed by atoms with E-state index in [9.17, 15) is 0 Å². The topological polar surface area (TPSA) is 28.2 Å². The van der Waals surface area contributed by atoms with Crippen molar-refractivity contribution >= 4 is 17.4 Å². The van der Waals surface area contributed by atoms with Crippen molar-refractivity contribution in [3.63, 3.8) is 0 Å². The molecule has 0 fully saturated rings. The van der Waals surface area contributed by atoms with E-state index in [1.54, 1.807) is 0 Å². The second-order valence-electron chi connectivity index (χ2n) is 5.36. The first kappa shape index (κ1) is 17.3. The highest BCUT2D eigenvalue weighted by atomic mass is 32.2. The van der Waals surface area contributed by atoms with Gasteiger partial charge < -0.3 is 10.2 Å². The van der Waals surface area contributed by atoms with Crippen LogP contribution in [-0.2, 0) is 0 Å². The molecule has 0 saturated heterocycles. The van der Waals surface area contributed by atoms with E-state index in [1.807, 2.05) is 18.0 Å². The Morgan fingerprint density at radius 3 is 2.65 bits per heavy atom. The van der Waals surface area contributed by atoms with E-state index in [-0.39, 0.29) is 0 Å². The summed E-state index contributed by atoms with van der Waals surface area (Å²) in [6, 6.07) is 5.19. The molecule has 1 aromatic rings. The molecule has 1 N–H and O–H groups in total. The van der Waals surface area contributed by atoms with Gasteiger partial charge in [-0.1, -0.05) is 6.92 Å². The summed E-state index contributed by atoms with van der Waals surface area (Å²) in [5.74, 6) is 1.20. The largest absolute Gasteiger partial charge is 0.371 e. The first-order valence-corrected chi connectivity index (χ1v) is 8.90. The second-order valence-corrected chi connectivity index (χ2v) is 6.34. The Morgan fingerprint density at radius 2 is 2.10 bits per heavy atom. The van der Waals surface area contributed by atoms with Crippen LogP contribution < -0.4 is 10.2 Å². The second kappa shape index (κ2) is 9.24. The van der Waals surface area contributed by atoms with Gasteiger partial charge in [-0.25, -0.2) is 0 Å². The van der Waals surface area contributed by atoms with Crippen molar-refractivity contribution in [2.45, 2.75) is 45.7 Å². The van der Waals surface area contributed by atoms with Crippen LogP contribution in [0.3, 0.4) is 0 Å². The average molecular weight is 295 g/mol. The minimum Gasteiger partial charge on any atom is -0.371 e. The van der Waals surface area contributed by atoms with Crippen LogP contribution in [0.4, 0.5) is 5.69 Å². The lowest BCUT2D eigenvalue weighted by molar-refractivity contribution is 0.558. The van der Waals surface area contributed by atoms with E-state index in [0.717, 1.165) is 18.7 Å². The predicted molar refractivity (Wildman–Crippen MR) is 91.8 cm³/mol. The van der Waals surface area contributed by atoms with E-state index >= 15 is 0 Å². The Balaban J connectivity index is 2.60. The van der Waals surface area contributed by atoms with Crippen molar-refractivity contribution in [3.8, 4) is 0 Å². The van der Waals surface area contributed by atoms with Crippen molar-refractivity contribution in [2.24, 2.45) is 0 Å². The summed E-state index contributed by atoms with van der Waals surface area (Å²) in [4.78, 5) is 6.92. The number of anilines is 1. The van der Waals surface area contributed by atoms with Gasteiger partial charge in [0.1, 0.15) is 0 Å². The summed E-state index contributed by atoms with van der Waals surface area (Å²) in [5, 5.41) is 3.47. The molecule has 0 bridgehead atoms. The van der Waals surface area contributed by atoms with Gasteiger partial charge in [-0.3, -0.25) is 4.98 Å². The Kier molecular flexibility index (Phi) is 8.00. The first-order valence-electron chi connectivity index (χ1n) is 7.51. The Morgan fingerprint density at radius 1 is 1.35 bits per heavy atom. The fourth-order valence-corrected chi connectivity index (χ4v) is 2.64. The molecule has 0 radical (unpaired) electrons. The molecule has 0 spiro atoms. The molecule has 4 heteroatoms. The molecule has 1 heterocycles. The third-order valence-corrected chi connectivity index (χ3v) is 4.37. The highest BCUT2D eigenvalue weighted by Gasteiger charge is 2.11. The number of nitrogens with zero attached hydrogens (tertiary/aromatic N) is 2. The van der Waals surface area contributed by atoms with Crippen LogP contribution in [0.5, 0.6) is 0 Å². The zero-order valence-corrected chi connectivity index (χ0v) is 14.3. The van der Waals surface area contributed by atoms with Crippen LogP contribution in [0.25, 0.3) is 0 Å². The molecule has 0 aliphatic heterocycles. The van der Waals surface area contributed by atoms with Gasteiger partial charge in [-0.15, -0.1) is 0 Å². The summed E-state index contributed by atoms with van der Waals surface area (Å²) in [6.07, 6.45) is 6.51. The van der Waals surface area contributed by atoms with Gasteiger partial charge in [-0.2, -0.15) is 11.8 Å². The summed E-state index contributed by atoms with van der Waals surface area (Å²) in [7, 11) is 2.15. The fraction of sp³-hybridized carbons (Fsp3) is 0.688. The molecule has 20 heavy (non-hydrogen) atoms. The number of thioether (sulfide) groups is 1. The third-order valence-electron chi connectivity index (χ3n) is 3.72. The minimum atomic E-state index is 0.322. The Labute approximate surface area is 128 Å². The van der Waals surface area contributed by atoms with E-state index in [4.69, 9.17) is 0 Å². The molecule has 1 aromatic heterocycles. The summed E-state index contributed by atoms with van der Waals surface area (Å²) < 4.78 is 0. The summed E-state index contributed by atoms with van der Waals surface area (Å²) >= 11 is 1.91. The summed E-state index contributed by atoms with van der Waals surface area (Å²) in [5.41, 5.74) is 2.32. The lowest BCUT2D eigenvalue weighted by atomic mass is 10.2. The smallest absolute Gasteiger partial charge is 0.0572 e. The maximum atomic E-state index is 4.61. The van der Waals surface area contributed by atoms with E-state index in [2.05, 4.69) is 61.4 Å². The summed E-state index contributed by atoms with van der Waals surface area (Å²) in [6.45, 7) is 7.66. The van der Waals surface area contributed by atoms with Gasteiger partial charge in [0.25, 0.3) is 0 Å². The van der Waals surface area contributed by atoms with Crippen LogP contribution in [0, 0.1) is 0 Å². The molecule has 114 valence electrons. The fourth-order valence-electron chi connectivity index (χ4n) is 2.06. The zero-order valence-electron chi connectivity index (χ0n) is 13.5. The highest BCUT2D eigenvalue weighted by Crippen LogP contribution is 2.19. The van der Waals surface area contributed by atoms with Crippen LogP contribution in [-0.4, -0.2) is 36.6 Å². The van der Waals surface area contributed by atoms with Crippen molar-refractivity contribution in [3.05, 3.63) is 24.0 Å². The van der Waals surface area contributed by atoms with Crippen LogP contribution in [0.15, 0.2) is 18.3 Å². The van der Waals surface area contributed by atoms with Gasteiger partial charge in [-0.05, 0) is 57.4 Å². The molecule has 0 saturated carbocycles. The maximum Gasteiger partial charge on any atom is 0.0572 e. The van der Waals surface area contributed by atoms with Gasteiger partial charge in [0.2, 0.25) is 0 Å².